The highest BCUT2D eigenvalue weighted by atomic mass is 35.5. The van der Waals surface area contributed by atoms with Gasteiger partial charge in [0.2, 0.25) is 0 Å². The summed E-state index contributed by atoms with van der Waals surface area (Å²) in [7, 11) is -3.93. The summed E-state index contributed by atoms with van der Waals surface area (Å²) in [6, 6.07) is 6.16. The minimum absolute atomic E-state index is 0.0483. The van der Waals surface area contributed by atoms with Gasteiger partial charge < -0.3 is 5.73 Å². The molecule has 0 bridgehead atoms. The fourth-order valence-electron chi connectivity index (χ4n) is 1.60. The van der Waals surface area contributed by atoms with Crippen LogP contribution in [0, 0.1) is 12.7 Å². The predicted molar refractivity (Wildman–Crippen MR) is 82.8 cm³/mol. The van der Waals surface area contributed by atoms with Gasteiger partial charge in [0.1, 0.15) is 5.82 Å². The molecular weight excluding hydrogens is 338 g/mol. The maximum absolute atomic E-state index is 13.3. The Labute approximate surface area is 131 Å². The molecule has 0 fully saturated rings. The fourth-order valence-corrected chi connectivity index (χ4v) is 3.12. The summed E-state index contributed by atoms with van der Waals surface area (Å²) < 4.78 is 40.0. The minimum atomic E-state index is -3.93. The molecule has 0 saturated carbocycles. The highest BCUT2D eigenvalue weighted by molar-refractivity contribution is 7.92. The zero-order valence-electron chi connectivity index (χ0n) is 10.8. The van der Waals surface area contributed by atoms with E-state index < -0.39 is 15.8 Å². The van der Waals surface area contributed by atoms with E-state index in [9.17, 15) is 12.8 Å². The Kier molecular flexibility index (Phi) is 4.32. The monoisotopic (exact) mass is 348 g/mol. The van der Waals surface area contributed by atoms with Crippen LogP contribution in [-0.4, -0.2) is 8.42 Å². The lowest BCUT2D eigenvalue weighted by molar-refractivity contribution is 0.601. The van der Waals surface area contributed by atoms with Crippen molar-refractivity contribution in [2.24, 2.45) is 0 Å². The first-order chi connectivity index (χ1) is 9.70. The van der Waals surface area contributed by atoms with Crippen LogP contribution in [0.2, 0.25) is 10.0 Å². The summed E-state index contributed by atoms with van der Waals surface area (Å²) in [5, 5.41) is 0.137. The van der Waals surface area contributed by atoms with E-state index in [0.29, 0.717) is 5.56 Å². The third kappa shape index (κ3) is 3.40. The van der Waals surface area contributed by atoms with Crippen LogP contribution >= 0.6 is 23.2 Å². The van der Waals surface area contributed by atoms with Crippen LogP contribution in [0.15, 0.2) is 35.2 Å². The molecule has 0 amide bonds. The second-order valence-electron chi connectivity index (χ2n) is 4.35. The molecule has 0 saturated heterocycles. The van der Waals surface area contributed by atoms with Crippen molar-refractivity contribution in [3.05, 3.63) is 51.8 Å². The molecule has 2 aromatic rings. The molecule has 0 aliphatic carbocycles. The summed E-state index contributed by atoms with van der Waals surface area (Å²) in [4.78, 5) is -0.106. The largest absolute Gasteiger partial charge is 0.398 e. The fraction of sp³-hybridized carbons (Fsp3) is 0.0769. The molecule has 0 radical (unpaired) electrons. The van der Waals surface area contributed by atoms with Crippen molar-refractivity contribution >= 4 is 44.6 Å². The molecule has 3 N–H and O–H groups in total. The number of halogens is 3. The van der Waals surface area contributed by atoms with E-state index in [2.05, 4.69) is 4.72 Å². The van der Waals surface area contributed by atoms with Crippen molar-refractivity contribution < 1.29 is 12.8 Å². The molecule has 4 nitrogen and oxygen atoms in total. The van der Waals surface area contributed by atoms with Gasteiger partial charge in [-0.1, -0.05) is 23.2 Å². The van der Waals surface area contributed by atoms with Crippen molar-refractivity contribution in [3.63, 3.8) is 0 Å². The number of hydrogen-bond donors (Lipinski definition) is 2. The van der Waals surface area contributed by atoms with E-state index >= 15 is 0 Å². The van der Waals surface area contributed by atoms with E-state index in [0.717, 1.165) is 6.07 Å². The van der Waals surface area contributed by atoms with Crippen molar-refractivity contribution in [2.45, 2.75) is 11.8 Å². The number of hydrogen-bond acceptors (Lipinski definition) is 3. The van der Waals surface area contributed by atoms with Crippen molar-refractivity contribution in [2.75, 3.05) is 10.5 Å². The van der Waals surface area contributed by atoms with Crippen LogP contribution in [0.3, 0.4) is 0 Å². The Morgan fingerprint density at radius 3 is 2.38 bits per heavy atom. The van der Waals surface area contributed by atoms with Gasteiger partial charge in [-0.3, -0.25) is 4.72 Å². The van der Waals surface area contributed by atoms with Crippen LogP contribution in [-0.2, 0) is 10.0 Å². The summed E-state index contributed by atoms with van der Waals surface area (Å²) in [5.74, 6) is -0.724. The first kappa shape index (κ1) is 15.9. The van der Waals surface area contributed by atoms with Crippen LogP contribution in [0.5, 0.6) is 0 Å². The SMILES string of the molecule is Cc1c(N)cc(S(=O)(=O)Nc2ccc(Cl)c(F)c2)cc1Cl. The lowest BCUT2D eigenvalue weighted by Gasteiger charge is -2.11. The molecule has 0 aliphatic heterocycles. The average Bonchev–Trinajstić information content (AvgIpc) is 2.39. The van der Waals surface area contributed by atoms with E-state index in [-0.39, 0.29) is 26.3 Å². The number of anilines is 2. The molecule has 8 heteroatoms. The van der Waals surface area contributed by atoms with Gasteiger partial charge in [0.05, 0.1) is 15.6 Å². The van der Waals surface area contributed by atoms with Gasteiger partial charge in [-0.15, -0.1) is 0 Å². The molecule has 0 heterocycles. The Hall–Kier alpha value is -1.50. The van der Waals surface area contributed by atoms with E-state index in [1.54, 1.807) is 6.92 Å². The molecule has 0 aromatic heterocycles. The summed E-state index contributed by atoms with van der Waals surface area (Å²) in [5.41, 5.74) is 6.60. The molecule has 0 aliphatic rings. The lowest BCUT2D eigenvalue weighted by Crippen LogP contribution is -2.13. The second kappa shape index (κ2) is 5.71. The Morgan fingerprint density at radius 1 is 1.14 bits per heavy atom. The van der Waals surface area contributed by atoms with Crippen LogP contribution in [0.4, 0.5) is 15.8 Å². The van der Waals surface area contributed by atoms with Crippen LogP contribution in [0.25, 0.3) is 0 Å². The zero-order valence-corrected chi connectivity index (χ0v) is 13.2. The molecular formula is C13H11Cl2FN2O2S. The highest BCUT2D eigenvalue weighted by Crippen LogP contribution is 2.27. The molecule has 0 unspecified atom stereocenters. The standard InChI is InChI=1S/C13H11Cl2FN2O2S/c1-7-11(15)5-9(6-13(7)17)21(19,20)18-8-2-3-10(14)12(16)4-8/h2-6,18H,17H2,1H3. The number of sulfonamides is 1. The summed E-state index contributed by atoms with van der Waals surface area (Å²) in [6.45, 7) is 1.68. The summed E-state index contributed by atoms with van der Waals surface area (Å²) in [6.07, 6.45) is 0. The molecule has 112 valence electrons. The van der Waals surface area contributed by atoms with Gasteiger partial charge >= 0.3 is 0 Å². The Balaban J connectivity index is 2.40. The van der Waals surface area contributed by atoms with Gasteiger partial charge in [-0.05, 0) is 42.8 Å². The second-order valence-corrected chi connectivity index (χ2v) is 6.85. The average molecular weight is 349 g/mol. The number of nitrogens with one attached hydrogen (secondary N) is 1. The number of benzene rings is 2. The first-order valence-electron chi connectivity index (χ1n) is 5.74. The van der Waals surface area contributed by atoms with Gasteiger partial charge in [0, 0.05) is 10.7 Å². The third-order valence-electron chi connectivity index (χ3n) is 2.84. The van der Waals surface area contributed by atoms with Gasteiger partial charge in [0.15, 0.2) is 0 Å². The topological polar surface area (TPSA) is 72.2 Å². The van der Waals surface area contributed by atoms with Crippen molar-refractivity contribution in [1.82, 2.24) is 0 Å². The number of nitrogen functional groups attached to an aromatic ring is 1. The highest BCUT2D eigenvalue weighted by Gasteiger charge is 2.17. The summed E-state index contributed by atoms with van der Waals surface area (Å²) >= 11 is 11.5. The molecule has 21 heavy (non-hydrogen) atoms. The van der Waals surface area contributed by atoms with E-state index in [1.807, 2.05) is 0 Å². The maximum atomic E-state index is 13.3. The van der Waals surface area contributed by atoms with Crippen molar-refractivity contribution in [1.29, 1.82) is 0 Å². The van der Waals surface area contributed by atoms with Gasteiger partial charge in [0.25, 0.3) is 10.0 Å². The predicted octanol–water partition coefficient (Wildman–Crippen LogP) is 3.82. The normalized spacial score (nSPS) is 11.4. The maximum Gasteiger partial charge on any atom is 0.262 e. The van der Waals surface area contributed by atoms with E-state index in [1.165, 1.54) is 24.3 Å². The Morgan fingerprint density at radius 2 is 1.81 bits per heavy atom. The molecule has 2 aromatic carbocycles. The minimum Gasteiger partial charge on any atom is -0.398 e. The van der Waals surface area contributed by atoms with Crippen molar-refractivity contribution in [3.8, 4) is 0 Å². The first-order valence-corrected chi connectivity index (χ1v) is 7.98. The van der Waals surface area contributed by atoms with E-state index in [4.69, 9.17) is 28.9 Å². The van der Waals surface area contributed by atoms with Crippen LogP contribution in [0.1, 0.15) is 5.56 Å². The number of rotatable bonds is 3. The lowest BCUT2D eigenvalue weighted by atomic mass is 10.2. The number of nitrogens with two attached hydrogens (primary N) is 1. The van der Waals surface area contributed by atoms with Crippen LogP contribution < -0.4 is 10.5 Å². The molecule has 0 atom stereocenters. The quantitative estimate of drug-likeness (QED) is 0.828. The molecule has 0 spiro atoms. The van der Waals surface area contributed by atoms with Gasteiger partial charge in [-0.2, -0.15) is 0 Å². The zero-order chi connectivity index (χ0) is 15.8. The van der Waals surface area contributed by atoms with Gasteiger partial charge in [-0.25, -0.2) is 12.8 Å². The smallest absolute Gasteiger partial charge is 0.262 e. The Bertz CT molecular complexity index is 787. The third-order valence-corrected chi connectivity index (χ3v) is 4.90. The molecule has 2 rings (SSSR count).